The number of hydrogen-bond donors (Lipinski definition) is 2. The summed E-state index contributed by atoms with van der Waals surface area (Å²) in [5, 5.41) is 6.92. The van der Waals surface area contributed by atoms with E-state index in [1.54, 1.807) is 14.2 Å². The Labute approximate surface area is 191 Å². The number of rotatable bonds is 9. The number of methoxy groups -OCH3 is 2. The highest BCUT2D eigenvalue weighted by Gasteiger charge is 2.23. The minimum Gasteiger partial charge on any atom is -0.497 e. The molecule has 1 aliphatic rings. The molecule has 1 heterocycles. The summed E-state index contributed by atoms with van der Waals surface area (Å²) in [6.07, 6.45) is 0. The topological polar surface area (TPSA) is 67.4 Å². The second-order valence-corrected chi connectivity index (χ2v) is 7.87. The van der Waals surface area contributed by atoms with Crippen LogP contribution in [0.3, 0.4) is 0 Å². The minimum absolute atomic E-state index is 0.215. The van der Waals surface area contributed by atoms with Gasteiger partial charge in [0.05, 0.1) is 40.0 Å². The van der Waals surface area contributed by atoms with Gasteiger partial charge in [-0.3, -0.25) is 4.90 Å². The van der Waals surface area contributed by atoms with Gasteiger partial charge in [-0.1, -0.05) is 18.2 Å². The summed E-state index contributed by atoms with van der Waals surface area (Å²) in [6.45, 7) is 9.62. The van der Waals surface area contributed by atoms with Crippen molar-refractivity contribution in [2.24, 2.45) is 4.99 Å². The van der Waals surface area contributed by atoms with Crippen molar-refractivity contribution in [1.82, 2.24) is 15.5 Å². The summed E-state index contributed by atoms with van der Waals surface area (Å²) >= 11 is 0. The van der Waals surface area contributed by atoms with Crippen LogP contribution in [0.15, 0.2) is 47.5 Å². The molecule has 2 aromatic carbocycles. The van der Waals surface area contributed by atoms with E-state index in [-0.39, 0.29) is 6.04 Å². The molecule has 1 saturated heterocycles. The Bertz CT molecular complexity index is 864. The van der Waals surface area contributed by atoms with Gasteiger partial charge in [0, 0.05) is 26.2 Å². The molecule has 2 N–H and O–H groups in total. The fourth-order valence-corrected chi connectivity index (χ4v) is 3.91. The Kier molecular flexibility index (Phi) is 9.19. The SMILES string of the molecule is CCNC(=NCc1cc(C)cc(OC)c1)NCC(c1ccc(OC)cc1)N1CCOCC1. The maximum Gasteiger partial charge on any atom is 0.191 e. The van der Waals surface area contributed by atoms with Gasteiger partial charge in [-0.15, -0.1) is 0 Å². The summed E-state index contributed by atoms with van der Waals surface area (Å²) in [7, 11) is 3.39. The van der Waals surface area contributed by atoms with Crippen LogP contribution < -0.4 is 20.1 Å². The Morgan fingerprint density at radius 1 is 1.03 bits per heavy atom. The van der Waals surface area contributed by atoms with Crippen molar-refractivity contribution in [3.63, 3.8) is 0 Å². The van der Waals surface area contributed by atoms with Gasteiger partial charge in [0.15, 0.2) is 5.96 Å². The van der Waals surface area contributed by atoms with Gasteiger partial charge in [-0.05, 0) is 54.8 Å². The fourth-order valence-electron chi connectivity index (χ4n) is 3.91. The minimum atomic E-state index is 0.215. The highest BCUT2D eigenvalue weighted by molar-refractivity contribution is 5.79. The summed E-state index contributed by atoms with van der Waals surface area (Å²) in [6, 6.07) is 14.7. The lowest BCUT2D eigenvalue weighted by Gasteiger charge is -2.35. The molecule has 174 valence electrons. The average molecular weight is 441 g/mol. The van der Waals surface area contributed by atoms with Crippen molar-refractivity contribution >= 4 is 5.96 Å². The zero-order chi connectivity index (χ0) is 22.8. The summed E-state index contributed by atoms with van der Waals surface area (Å²) < 4.78 is 16.3. The van der Waals surface area contributed by atoms with Crippen LogP contribution in [0.4, 0.5) is 0 Å². The second-order valence-electron chi connectivity index (χ2n) is 7.87. The molecule has 1 atom stereocenters. The van der Waals surface area contributed by atoms with E-state index in [0.717, 1.165) is 62.4 Å². The van der Waals surface area contributed by atoms with Crippen molar-refractivity contribution in [3.05, 3.63) is 59.2 Å². The van der Waals surface area contributed by atoms with E-state index in [1.165, 1.54) is 11.1 Å². The number of guanidine groups is 1. The van der Waals surface area contributed by atoms with Crippen LogP contribution in [-0.4, -0.2) is 64.5 Å². The Morgan fingerprint density at radius 2 is 1.75 bits per heavy atom. The molecule has 2 aromatic rings. The Hall–Kier alpha value is -2.77. The molecule has 0 saturated carbocycles. The molecule has 7 heteroatoms. The molecule has 1 fully saturated rings. The molecular weight excluding hydrogens is 404 g/mol. The van der Waals surface area contributed by atoms with E-state index in [2.05, 4.69) is 47.6 Å². The zero-order valence-electron chi connectivity index (χ0n) is 19.7. The number of aryl methyl sites for hydroxylation is 1. The molecule has 0 aromatic heterocycles. The third-order valence-electron chi connectivity index (χ3n) is 5.56. The first-order chi connectivity index (χ1) is 15.6. The van der Waals surface area contributed by atoms with Crippen molar-refractivity contribution in [2.75, 3.05) is 53.6 Å². The predicted molar refractivity (Wildman–Crippen MR) is 129 cm³/mol. The van der Waals surface area contributed by atoms with Gasteiger partial charge in [0.2, 0.25) is 0 Å². The molecule has 1 unspecified atom stereocenters. The maximum absolute atomic E-state index is 5.57. The first-order valence-corrected chi connectivity index (χ1v) is 11.3. The highest BCUT2D eigenvalue weighted by Crippen LogP contribution is 2.24. The van der Waals surface area contributed by atoms with Gasteiger partial charge in [0.1, 0.15) is 11.5 Å². The first-order valence-electron chi connectivity index (χ1n) is 11.3. The van der Waals surface area contributed by atoms with E-state index in [4.69, 9.17) is 19.2 Å². The molecule has 0 radical (unpaired) electrons. The van der Waals surface area contributed by atoms with Crippen LogP contribution in [0.25, 0.3) is 0 Å². The number of aliphatic imine (C=N–C) groups is 1. The monoisotopic (exact) mass is 440 g/mol. The molecule has 3 rings (SSSR count). The number of nitrogens with zero attached hydrogens (tertiary/aromatic N) is 2. The van der Waals surface area contributed by atoms with Gasteiger partial charge in [-0.2, -0.15) is 0 Å². The number of ether oxygens (including phenoxy) is 3. The van der Waals surface area contributed by atoms with Crippen molar-refractivity contribution in [3.8, 4) is 11.5 Å². The quantitative estimate of drug-likeness (QED) is 0.461. The van der Waals surface area contributed by atoms with Crippen LogP contribution in [0, 0.1) is 6.92 Å². The zero-order valence-corrected chi connectivity index (χ0v) is 19.7. The highest BCUT2D eigenvalue weighted by atomic mass is 16.5. The van der Waals surface area contributed by atoms with Gasteiger partial charge < -0.3 is 24.8 Å². The molecule has 7 nitrogen and oxygen atoms in total. The smallest absolute Gasteiger partial charge is 0.191 e. The molecule has 32 heavy (non-hydrogen) atoms. The maximum atomic E-state index is 5.57. The van der Waals surface area contributed by atoms with Crippen LogP contribution in [0.1, 0.15) is 29.7 Å². The van der Waals surface area contributed by atoms with Crippen LogP contribution >= 0.6 is 0 Å². The largest absolute Gasteiger partial charge is 0.497 e. The molecular formula is C25H36N4O3. The predicted octanol–water partition coefficient (Wildman–Crippen LogP) is 3.14. The number of benzene rings is 2. The lowest BCUT2D eigenvalue weighted by molar-refractivity contribution is 0.0170. The van der Waals surface area contributed by atoms with E-state index < -0.39 is 0 Å². The van der Waals surface area contributed by atoms with E-state index in [0.29, 0.717) is 6.54 Å². The lowest BCUT2D eigenvalue weighted by atomic mass is 10.0. The van der Waals surface area contributed by atoms with Gasteiger partial charge in [0.25, 0.3) is 0 Å². The summed E-state index contributed by atoms with van der Waals surface area (Å²) in [5.41, 5.74) is 3.54. The number of hydrogen-bond acceptors (Lipinski definition) is 5. The first kappa shape index (κ1) is 23.9. The number of morpholine rings is 1. The molecule has 0 aliphatic carbocycles. The van der Waals surface area contributed by atoms with Crippen molar-refractivity contribution < 1.29 is 14.2 Å². The summed E-state index contributed by atoms with van der Waals surface area (Å²) in [5.74, 6) is 2.53. The van der Waals surface area contributed by atoms with E-state index in [1.807, 2.05) is 24.3 Å². The second kappa shape index (κ2) is 12.3. The van der Waals surface area contributed by atoms with Crippen LogP contribution in [0.5, 0.6) is 11.5 Å². The number of nitrogens with one attached hydrogen (secondary N) is 2. The van der Waals surface area contributed by atoms with Crippen molar-refractivity contribution in [1.29, 1.82) is 0 Å². The van der Waals surface area contributed by atoms with Gasteiger partial charge in [-0.25, -0.2) is 4.99 Å². The van der Waals surface area contributed by atoms with E-state index >= 15 is 0 Å². The molecule has 0 bridgehead atoms. The Balaban J connectivity index is 1.73. The average Bonchev–Trinajstić information content (AvgIpc) is 2.83. The Morgan fingerprint density at radius 3 is 2.41 bits per heavy atom. The fraction of sp³-hybridized carbons (Fsp3) is 0.480. The third-order valence-corrected chi connectivity index (χ3v) is 5.56. The molecule has 0 amide bonds. The van der Waals surface area contributed by atoms with Crippen molar-refractivity contribution in [2.45, 2.75) is 26.4 Å². The normalized spacial score (nSPS) is 15.8. The van der Waals surface area contributed by atoms with Gasteiger partial charge >= 0.3 is 0 Å². The van der Waals surface area contributed by atoms with Crippen LogP contribution in [0.2, 0.25) is 0 Å². The molecule has 1 aliphatic heterocycles. The van der Waals surface area contributed by atoms with E-state index in [9.17, 15) is 0 Å². The summed E-state index contributed by atoms with van der Waals surface area (Å²) in [4.78, 5) is 7.28. The lowest BCUT2D eigenvalue weighted by Crippen LogP contribution is -2.46. The third kappa shape index (κ3) is 6.87. The molecule has 0 spiro atoms. The van der Waals surface area contributed by atoms with Crippen LogP contribution in [-0.2, 0) is 11.3 Å². The standard InChI is InChI=1S/C25H36N4O3/c1-5-26-25(27-17-20-14-19(2)15-23(16-20)31-4)28-18-24(29-10-12-32-13-11-29)21-6-8-22(30-3)9-7-21/h6-9,14-16,24H,5,10-13,17-18H2,1-4H3,(H2,26,27,28).